The van der Waals surface area contributed by atoms with Crippen molar-refractivity contribution in [3.05, 3.63) is 68.6 Å². The summed E-state index contributed by atoms with van der Waals surface area (Å²) >= 11 is 6.70. The average Bonchev–Trinajstić information content (AvgIpc) is 2.58. The normalized spacial score (nSPS) is 10.9. The molecule has 6 nitrogen and oxygen atoms in total. The second-order valence-electron chi connectivity index (χ2n) is 4.44. The van der Waals surface area contributed by atoms with Crippen LogP contribution in [-0.2, 0) is 9.59 Å². The molecule has 24 heavy (non-hydrogen) atoms. The highest BCUT2D eigenvalue weighted by atomic mass is 79.9. The Balaban J connectivity index is 1.85. The van der Waals surface area contributed by atoms with E-state index in [4.69, 9.17) is 0 Å². The molecule has 2 rings (SSSR count). The molecule has 0 saturated carbocycles. The summed E-state index contributed by atoms with van der Waals surface area (Å²) < 4.78 is 1.65. The van der Waals surface area contributed by atoms with E-state index in [9.17, 15) is 9.59 Å². The summed E-state index contributed by atoms with van der Waals surface area (Å²) in [5.41, 5.74) is 5.80. The van der Waals surface area contributed by atoms with E-state index < -0.39 is 11.8 Å². The fourth-order valence-corrected chi connectivity index (χ4v) is 2.36. The number of nitrogens with one attached hydrogen (secondary N) is 2. The lowest BCUT2D eigenvalue weighted by atomic mass is 10.2. The van der Waals surface area contributed by atoms with E-state index in [1.807, 2.05) is 48.5 Å². The molecule has 0 unspecified atom stereocenters. The second kappa shape index (κ2) is 9.09. The van der Waals surface area contributed by atoms with Crippen LogP contribution in [0.2, 0.25) is 0 Å². The molecule has 122 valence electrons. The number of carbonyl (C=O) groups excluding carboxylic acids is 2. The van der Waals surface area contributed by atoms with E-state index in [2.05, 4.69) is 52.9 Å². The zero-order chi connectivity index (χ0) is 17.4. The average molecular weight is 452 g/mol. The Morgan fingerprint density at radius 1 is 0.750 bits per heavy atom. The summed E-state index contributed by atoms with van der Waals surface area (Å²) in [6.45, 7) is 0. The smallest absolute Gasteiger partial charge is 0.262 e. The Kier molecular flexibility index (Phi) is 6.83. The molecule has 2 amide bonds. The van der Waals surface area contributed by atoms with Gasteiger partial charge >= 0.3 is 11.8 Å². The lowest BCUT2D eigenvalue weighted by Crippen LogP contribution is -2.35. The van der Waals surface area contributed by atoms with Gasteiger partial charge < -0.3 is 0 Å². The van der Waals surface area contributed by atoms with Gasteiger partial charge in [-0.1, -0.05) is 68.3 Å². The van der Waals surface area contributed by atoms with Crippen molar-refractivity contribution in [1.29, 1.82) is 0 Å². The highest BCUT2D eigenvalue weighted by Crippen LogP contribution is 2.13. The number of hydrogen-bond acceptors (Lipinski definition) is 4. The molecular formula is C16H12Br2N4O2. The predicted octanol–water partition coefficient (Wildman–Crippen LogP) is 2.81. The Bertz CT molecular complexity index is 739. The monoisotopic (exact) mass is 450 g/mol. The van der Waals surface area contributed by atoms with Crippen molar-refractivity contribution in [2.75, 3.05) is 0 Å². The predicted molar refractivity (Wildman–Crippen MR) is 99.8 cm³/mol. The number of hydrogen-bond donors (Lipinski definition) is 2. The number of carbonyl (C=O) groups is 2. The fourth-order valence-electron chi connectivity index (χ4n) is 1.58. The van der Waals surface area contributed by atoms with Crippen molar-refractivity contribution in [2.24, 2.45) is 10.2 Å². The molecule has 0 bridgehead atoms. The minimum atomic E-state index is -0.914. The van der Waals surface area contributed by atoms with Gasteiger partial charge in [-0.2, -0.15) is 10.2 Å². The van der Waals surface area contributed by atoms with Crippen LogP contribution in [-0.4, -0.2) is 24.2 Å². The first-order valence-electron chi connectivity index (χ1n) is 6.73. The van der Waals surface area contributed by atoms with Crippen LogP contribution in [0, 0.1) is 0 Å². The van der Waals surface area contributed by atoms with Gasteiger partial charge in [-0.3, -0.25) is 9.59 Å². The van der Waals surface area contributed by atoms with Crippen molar-refractivity contribution in [3.63, 3.8) is 0 Å². The van der Waals surface area contributed by atoms with E-state index in [0.717, 1.165) is 20.1 Å². The zero-order valence-corrected chi connectivity index (χ0v) is 15.4. The first-order valence-corrected chi connectivity index (χ1v) is 8.32. The third kappa shape index (κ3) is 5.39. The molecule has 2 N–H and O–H groups in total. The molecule has 2 aromatic rings. The Morgan fingerprint density at radius 2 is 1.12 bits per heavy atom. The van der Waals surface area contributed by atoms with Gasteiger partial charge in [0.15, 0.2) is 0 Å². The number of rotatable bonds is 4. The quantitative estimate of drug-likeness (QED) is 0.425. The van der Waals surface area contributed by atoms with Gasteiger partial charge in [0, 0.05) is 20.1 Å². The molecule has 2 aromatic carbocycles. The molecule has 0 aliphatic heterocycles. The van der Waals surface area contributed by atoms with Crippen molar-refractivity contribution >= 4 is 56.1 Å². The van der Waals surface area contributed by atoms with E-state index >= 15 is 0 Å². The van der Waals surface area contributed by atoms with Gasteiger partial charge in [-0.05, 0) is 12.1 Å². The number of hydrazone groups is 2. The first kappa shape index (κ1) is 18.0. The van der Waals surface area contributed by atoms with Gasteiger partial charge in [-0.25, -0.2) is 10.9 Å². The van der Waals surface area contributed by atoms with E-state index in [0.29, 0.717) is 0 Å². The molecule has 0 fully saturated rings. The maximum atomic E-state index is 11.6. The highest BCUT2D eigenvalue weighted by Gasteiger charge is 2.11. The van der Waals surface area contributed by atoms with Gasteiger partial charge in [0.05, 0.1) is 12.4 Å². The van der Waals surface area contributed by atoms with Crippen LogP contribution < -0.4 is 10.9 Å². The summed E-state index contributed by atoms with van der Waals surface area (Å²) in [4.78, 5) is 23.2. The first-order chi connectivity index (χ1) is 11.6. The Hall–Kier alpha value is -2.32. The zero-order valence-electron chi connectivity index (χ0n) is 12.2. The third-order valence-electron chi connectivity index (χ3n) is 2.76. The lowest BCUT2D eigenvalue weighted by Gasteiger charge is -2.00. The summed E-state index contributed by atoms with van der Waals surface area (Å²) in [5.74, 6) is -1.83. The molecule has 0 aromatic heterocycles. The molecule has 0 atom stereocenters. The largest absolute Gasteiger partial charge is 0.331 e. The third-order valence-corrected chi connectivity index (χ3v) is 4.20. The molecule has 0 heterocycles. The second-order valence-corrected chi connectivity index (χ2v) is 6.15. The highest BCUT2D eigenvalue weighted by molar-refractivity contribution is 9.10. The molecule has 0 spiro atoms. The minimum Gasteiger partial charge on any atom is -0.262 e. The van der Waals surface area contributed by atoms with Crippen LogP contribution in [0.1, 0.15) is 11.1 Å². The number of amides is 2. The van der Waals surface area contributed by atoms with Crippen LogP contribution in [0.25, 0.3) is 0 Å². The number of halogens is 2. The summed E-state index contributed by atoms with van der Waals surface area (Å²) in [5, 5.41) is 7.46. The molecular weight excluding hydrogens is 440 g/mol. The van der Waals surface area contributed by atoms with Crippen molar-refractivity contribution in [1.82, 2.24) is 10.9 Å². The summed E-state index contributed by atoms with van der Waals surface area (Å²) in [6.07, 6.45) is 2.86. The molecule has 0 aliphatic rings. The van der Waals surface area contributed by atoms with Gasteiger partial charge in [-0.15, -0.1) is 0 Å². The fraction of sp³-hybridized carbons (Fsp3) is 0. The minimum absolute atomic E-state index is 0.769. The number of nitrogens with zero attached hydrogens (tertiary/aromatic N) is 2. The van der Waals surface area contributed by atoms with Gasteiger partial charge in [0.1, 0.15) is 0 Å². The summed E-state index contributed by atoms with van der Waals surface area (Å²) in [7, 11) is 0. The number of benzene rings is 2. The topological polar surface area (TPSA) is 82.9 Å². The van der Waals surface area contributed by atoms with Crippen LogP contribution in [0.5, 0.6) is 0 Å². The Labute approximate surface area is 155 Å². The summed E-state index contributed by atoms with van der Waals surface area (Å²) in [6, 6.07) is 14.7. The van der Waals surface area contributed by atoms with Crippen molar-refractivity contribution in [3.8, 4) is 0 Å². The molecule has 0 aliphatic carbocycles. The van der Waals surface area contributed by atoms with E-state index in [1.54, 1.807) is 0 Å². The van der Waals surface area contributed by atoms with Crippen LogP contribution in [0.15, 0.2) is 67.7 Å². The van der Waals surface area contributed by atoms with Crippen LogP contribution in [0.3, 0.4) is 0 Å². The molecule has 0 radical (unpaired) electrons. The lowest BCUT2D eigenvalue weighted by molar-refractivity contribution is -0.139. The maximum Gasteiger partial charge on any atom is 0.331 e. The standard InChI is InChI=1S/C16H12Br2N4O2/c17-13-7-3-1-5-11(13)9-19-21-15(23)16(24)22-20-10-12-6-2-4-8-14(12)18/h1-10H,(H,21,23)(H,22,24)/b19-9+,20-10+. The SMILES string of the molecule is O=C(N/N=C/c1ccccc1Br)C(=O)N/N=C/c1ccccc1Br. The van der Waals surface area contributed by atoms with E-state index in [1.165, 1.54) is 12.4 Å². The van der Waals surface area contributed by atoms with E-state index in [-0.39, 0.29) is 0 Å². The maximum absolute atomic E-state index is 11.6. The van der Waals surface area contributed by atoms with Gasteiger partial charge in [0.25, 0.3) is 0 Å². The van der Waals surface area contributed by atoms with Crippen molar-refractivity contribution < 1.29 is 9.59 Å². The molecule has 0 saturated heterocycles. The van der Waals surface area contributed by atoms with Crippen molar-refractivity contribution in [2.45, 2.75) is 0 Å². The van der Waals surface area contributed by atoms with Gasteiger partial charge in [0.2, 0.25) is 0 Å². The Morgan fingerprint density at radius 3 is 1.50 bits per heavy atom. The molecule has 8 heteroatoms. The van der Waals surface area contributed by atoms with Crippen LogP contribution in [0.4, 0.5) is 0 Å². The van der Waals surface area contributed by atoms with Crippen LogP contribution >= 0.6 is 31.9 Å².